The van der Waals surface area contributed by atoms with Crippen LogP contribution in [0.3, 0.4) is 0 Å². The number of quaternary nitrogens is 1. The van der Waals surface area contributed by atoms with Crippen molar-refractivity contribution in [1.29, 1.82) is 0 Å². The summed E-state index contributed by atoms with van der Waals surface area (Å²) in [4.78, 5) is 19.1. The first-order valence-electron chi connectivity index (χ1n) is 6.90. The van der Waals surface area contributed by atoms with Gasteiger partial charge in [-0.25, -0.2) is 0 Å². The number of hydrogen-bond acceptors (Lipinski definition) is 5. The summed E-state index contributed by atoms with van der Waals surface area (Å²) in [6.07, 6.45) is 4.75. The quantitative estimate of drug-likeness (QED) is 0.821. The van der Waals surface area contributed by atoms with Gasteiger partial charge < -0.3 is 19.9 Å². The van der Waals surface area contributed by atoms with Gasteiger partial charge in [-0.3, -0.25) is 9.78 Å². The Hall–Kier alpha value is -2.44. The largest absolute Gasteiger partial charge is 0.624 e. The number of hydrogen-bond donors (Lipinski definition) is 1. The zero-order valence-corrected chi connectivity index (χ0v) is 12.9. The lowest BCUT2D eigenvalue weighted by atomic mass is 9.87. The molecule has 114 valence electrons. The summed E-state index contributed by atoms with van der Waals surface area (Å²) in [6.45, 7) is 1.79. The molecule has 0 saturated heterocycles. The lowest BCUT2D eigenvalue weighted by Crippen LogP contribution is -3.01. The topological polar surface area (TPSA) is 69.9 Å². The molecule has 0 spiro atoms. The van der Waals surface area contributed by atoms with E-state index in [0.717, 1.165) is 5.69 Å². The summed E-state index contributed by atoms with van der Waals surface area (Å²) in [7, 11) is 5.23. The van der Waals surface area contributed by atoms with Crippen molar-refractivity contribution in [1.82, 2.24) is 4.98 Å². The van der Waals surface area contributed by atoms with Crippen LogP contribution in [0.25, 0.3) is 6.08 Å². The average molecular weight is 299 g/mol. The van der Waals surface area contributed by atoms with Gasteiger partial charge in [0.05, 0.1) is 29.6 Å². The first-order chi connectivity index (χ1) is 10.5. The number of ketones is 1. The van der Waals surface area contributed by atoms with E-state index >= 15 is 0 Å². The van der Waals surface area contributed by atoms with E-state index in [2.05, 4.69) is 4.98 Å². The molecule has 1 aliphatic heterocycles. The normalized spacial score (nSPS) is 20.0. The third-order valence-corrected chi connectivity index (χ3v) is 3.94. The van der Waals surface area contributed by atoms with Gasteiger partial charge >= 0.3 is 0 Å². The number of allylic oxidation sites excluding steroid dienone is 2. The fourth-order valence-electron chi connectivity index (χ4n) is 2.85. The minimum absolute atomic E-state index is 0.183. The molecule has 0 bridgehead atoms. The Morgan fingerprint density at radius 2 is 2.09 bits per heavy atom. The summed E-state index contributed by atoms with van der Waals surface area (Å²) in [6, 6.07) is 1.79. The molecule has 2 heterocycles. The number of ether oxygens (including phenoxy) is 1. The average Bonchev–Trinajstić information content (AvgIpc) is 2.49. The van der Waals surface area contributed by atoms with Crippen LogP contribution in [0.2, 0.25) is 0 Å². The molecule has 0 radical (unpaired) electrons. The predicted molar refractivity (Wildman–Crippen MR) is 83.0 cm³/mol. The van der Waals surface area contributed by atoms with Crippen LogP contribution in [0.5, 0.6) is 0 Å². The van der Waals surface area contributed by atoms with E-state index in [1.165, 1.54) is 13.3 Å². The lowest BCUT2D eigenvalue weighted by Gasteiger charge is -2.31. The molecule has 6 nitrogen and oxygen atoms in total. The highest BCUT2D eigenvalue weighted by Crippen LogP contribution is 2.34. The van der Waals surface area contributed by atoms with Crippen molar-refractivity contribution in [2.24, 2.45) is 0 Å². The second-order valence-corrected chi connectivity index (χ2v) is 5.45. The van der Waals surface area contributed by atoms with Gasteiger partial charge in [0.1, 0.15) is 11.9 Å². The van der Waals surface area contributed by atoms with E-state index in [0.29, 0.717) is 33.9 Å². The highest BCUT2D eigenvalue weighted by molar-refractivity contribution is 6.19. The van der Waals surface area contributed by atoms with Crippen molar-refractivity contribution in [2.45, 2.75) is 6.92 Å². The van der Waals surface area contributed by atoms with Gasteiger partial charge in [-0.2, -0.15) is 0 Å². The molecule has 0 fully saturated rings. The molecule has 1 N–H and O–H groups in total. The number of pyridine rings is 1. The molecule has 1 aromatic heterocycles. The maximum Gasteiger partial charge on any atom is 0.203 e. The van der Waals surface area contributed by atoms with E-state index in [1.54, 1.807) is 25.3 Å². The monoisotopic (exact) mass is 299 g/mol. The molecule has 0 amide bonds. The Morgan fingerprint density at radius 3 is 2.73 bits per heavy atom. The maximum atomic E-state index is 13.0. The predicted octanol–water partition coefficient (Wildman–Crippen LogP) is 0.885. The summed E-state index contributed by atoms with van der Waals surface area (Å²) < 4.78 is 5.21. The number of anilines is 1. The number of fused-ring (bicyclic) bond motifs is 2. The second-order valence-electron chi connectivity index (χ2n) is 5.45. The Labute approximate surface area is 128 Å². The number of nitrogens with one attached hydrogen (secondary N) is 1. The van der Waals surface area contributed by atoms with Crippen LogP contribution in [-0.2, 0) is 4.74 Å². The lowest BCUT2D eigenvalue weighted by molar-refractivity contribution is -0.744. The van der Waals surface area contributed by atoms with Gasteiger partial charge in [0, 0.05) is 31.9 Å². The van der Waals surface area contributed by atoms with Gasteiger partial charge in [-0.15, -0.1) is 0 Å². The molecule has 22 heavy (non-hydrogen) atoms. The fraction of sp³-hybridized carbons (Fsp3) is 0.250. The van der Waals surface area contributed by atoms with Crippen LogP contribution < -0.4 is 9.96 Å². The highest BCUT2D eigenvalue weighted by atomic mass is 16.5. The minimum Gasteiger partial charge on any atom is -0.624 e. The van der Waals surface area contributed by atoms with Crippen LogP contribution in [0.4, 0.5) is 5.69 Å². The summed E-state index contributed by atoms with van der Waals surface area (Å²) in [5.74, 6) is 0.252. The third-order valence-electron chi connectivity index (χ3n) is 3.94. The Morgan fingerprint density at radius 1 is 1.36 bits per heavy atom. The molecular weight excluding hydrogens is 282 g/mol. The van der Waals surface area contributed by atoms with Crippen LogP contribution in [-0.4, -0.2) is 32.0 Å². The number of rotatable bonds is 2. The summed E-state index contributed by atoms with van der Waals surface area (Å²) in [5, 5.41) is 12.0. The van der Waals surface area contributed by atoms with Crippen molar-refractivity contribution in [3.63, 3.8) is 0 Å². The minimum atomic E-state index is -0.228. The molecule has 3 rings (SSSR count). The van der Waals surface area contributed by atoms with Gasteiger partial charge in [0.25, 0.3) is 0 Å². The van der Waals surface area contributed by atoms with E-state index in [-0.39, 0.29) is 10.8 Å². The SMILES string of the molecule is COC1=C[NH+]([O-])C2=Cc3nccc(N(C)C)c3C(=O)C2=C1C. The summed E-state index contributed by atoms with van der Waals surface area (Å²) in [5.41, 5.74) is 3.32. The number of hydroxylamine groups is 2. The van der Waals surface area contributed by atoms with Crippen molar-refractivity contribution in [2.75, 3.05) is 26.1 Å². The van der Waals surface area contributed by atoms with Crippen LogP contribution in [0, 0.1) is 5.21 Å². The molecule has 1 unspecified atom stereocenters. The number of Topliss-reactive ketones (excluding diaryl/α,β-unsaturated/α-hetero) is 1. The number of carbonyl (C=O) groups is 1. The fourth-order valence-corrected chi connectivity index (χ4v) is 2.85. The molecule has 0 aromatic carbocycles. The summed E-state index contributed by atoms with van der Waals surface area (Å²) >= 11 is 0. The van der Waals surface area contributed by atoms with Crippen LogP contribution >= 0.6 is 0 Å². The molecule has 2 aliphatic rings. The molecule has 1 aromatic rings. The Kier molecular flexibility index (Phi) is 3.35. The van der Waals surface area contributed by atoms with E-state index < -0.39 is 0 Å². The molecule has 1 atom stereocenters. The third kappa shape index (κ3) is 1.96. The zero-order chi connectivity index (χ0) is 16.0. The smallest absolute Gasteiger partial charge is 0.203 e. The van der Waals surface area contributed by atoms with Crippen molar-refractivity contribution in [3.05, 3.63) is 57.5 Å². The van der Waals surface area contributed by atoms with Gasteiger partial charge in [-0.05, 0) is 13.0 Å². The van der Waals surface area contributed by atoms with Crippen LogP contribution in [0.1, 0.15) is 23.0 Å². The van der Waals surface area contributed by atoms with Gasteiger partial charge in [0.15, 0.2) is 5.76 Å². The zero-order valence-electron chi connectivity index (χ0n) is 12.9. The first-order valence-corrected chi connectivity index (χ1v) is 6.90. The maximum absolute atomic E-state index is 13.0. The Balaban J connectivity index is 2.29. The number of nitrogens with zero attached hydrogens (tertiary/aromatic N) is 2. The molecule has 6 heteroatoms. The van der Waals surface area contributed by atoms with Crippen molar-refractivity contribution < 1.29 is 14.6 Å². The van der Waals surface area contributed by atoms with Crippen LogP contribution in [0.15, 0.2) is 41.1 Å². The number of methoxy groups -OCH3 is 1. The number of carbonyl (C=O) groups excluding carboxylic acids is 1. The van der Waals surface area contributed by atoms with Gasteiger partial charge in [0.2, 0.25) is 5.78 Å². The van der Waals surface area contributed by atoms with E-state index in [4.69, 9.17) is 4.74 Å². The standard InChI is InChI=1S/C16H17N3O3/c1-9-13(22-4)8-19(21)12-7-10-15(16(20)14(9)12)11(18(2)3)5-6-17-10/h5-8,19H,1-4H3. The number of aromatic nitrogens is 1. The molecular formula is C16H17N3O3. The second kappa shape index (κ2) is 5.08. The Bertz CT molecular complexity index is 760. The molecule has 0 saturated carbocycles. The highest BCUT2D eigenvalue weighted by Gasteiger charge is 2.36. The van der Waals surface area contributed by atoms with E-state index in [9.17, 15) is 10.0 Å². The van der Waals surface area contributed by atoms with Crippen molar-refractivity contribution >= 4 is 17.5 Å². The van der Waals surface area contributed by atoms with Gasteiger partial charge in [-0.1, -0.05) is 0 Å². The first kappa shape index (κ1) is 14.5. The van der Waals surface area contributed by atoms with Crippen molar-refractivity contribution in [3.8, 4) is 0 Å². The van der Waals surface area contributed by atoms with E-state index in [1.807, 2.05) is 19.0 Å². The molecule has 1 aliphatic carbocycles.